The number of nitrogens with one attached hydrogen (secondary N) is 2. The van der Waals surface area contributed by atoms with Crippen LogP contribution in [-0.2, 0) is 32.8 Å². The number of nitrogens with zero attached hydrogens (tertiary/aromatic N) is 1. The van der Waals surface area contributed by atoms with Gasteiger partial charge in [-0.1, -0.05) is 6.07 Å². The topological polar surface area (TPSA) is 87.7 Å². The normalized spacial score (nSPS) is 25.6. The number of rotatable bonds is 4. The fourth-order valence-corrected chi connectivity index (χ4v) is 5.16. The van der Waals surface area contributed by atoms with Crippen molar-refractivity contribution in [1.29, 1.82) is 0 Å². The van der Waals surface area contributed by atoms with Crippen LogP contribution >= 0.6 is 0 Å². The Labute approximate surface area is 154 Å². The molecule has 0 spiro atoms. The van der Waals surface area contributed by atoms with Gasteiger partial charge in [0.25, 0.3) is 0 Å². The van der Waals surface area contributed by atoms with E-state index in [2.05, 4.69) is 10.0 Å². The molecule has 0 aromatic heterocycles. The lowest BCUT2D eigenvalue weighted by Gasteiger charge is -2.21. The zero-order valence-corrected chi connectivity index (χ0v) is 15.6. The van der Waals surface area contributed by atoms with E-state index in [4.69, 9.17) is 4.74 Å². The van der Waals surface area contributed by atoms with Gasteiger partial charge >= 0.3 is 0 Å². The minimum Gasteiger partial charge on any atom is -0.372 e. The van der Waals surface area contributed by atoms with Gasteiger partial charge in [0, 0.05) is 13.1 Å². The van der Waals surface area contributed by atoms with Gasteiger partial charge in [-0.05, 0) is 61.0 Å². The van der Waals surface area contributed by atoms with Crippen molar-refractivity contribution in [2.45, 2.75) is 31.0 Å². The largest absolute Gasteiger partial charge is 0.372 e. The minimum absolute atomic E-state index is 0.147. The molecule has 8 heteroatoms. The van der Waals surface area contributed by atoms with Crippen LogP contribution in [0.1, 0.15) is 24.0 Å². The van der Waals surface area contributed by atoms with E-state index in [-0.39, 0.29) is 17.3 Å². The molecule has 3 aliphatic heterocycles. The van der Waals surface area contributed by atoms with E-state index in [1.807, 2.05) is 0 Å². The van der Waals surface area contributed by atoms with Gasteiger partial charge in [-0.25, -0.2) is 13.1 Å². The molecule has 142 valence electrons. The highest BCUT2D eigenvalue weighted by Gasteiger charge is 2.31. The summed E-state index contributed by atoms with van der Waals surface area (Å²) < 4.78 is 32.8. The maximum absolute atomic E-state index is 12.5. The third-order valence-electron chi connectivity index (χ3n) is 5.79. The molecule has 2 N–H and O–H groups in total. The molecule has 26 heavy (non-hydrogen) atoms. The van der Waals surface area contributed by atoms with E-state index in [0.29, 0.717) is 38.1 Å². The fourth-order valence-electron chi connectivity index (χ4n) is 4.13. The van der Waals surface area contributed by atoms with Crippen molar-refractivity contribution in [3.05, 3.63) is 29.3 Å². The zero-order chi connectivity index (χ0) is 18.1. The summed E-state index contributed by atoms with van der Waals surface area (Å²) >= 11 is 0. The van der Waals surface area contributed by atoms with Gasteiger partial charge in [0.2, 0.25) is 15.9 Å². The van der Waals surface area contributed by atoms with Crippen molar-refractivity contribution < 1.29 is 17.9 Å². The quantitative estimate of drug-likeness (QED) is 0.793. The molecule has 2 saturated heterocycles. The van der Waals surface area contributed by atoms with E-state index in [1.165, 1.54) is 0 Å². The number of benzene rings is 1. The summed E-state index contributed by atoms with van der Waals surface area (Å²) in [6.07, 6.45) is 1.97. The Morgan fingerprint density at radius 3 is 2.58 bits per heavy atom. The smallest absolute Gasteiger partial charge is 0.241 e. The van der Waals surface area contributed by atoms with Gasteiger partial charge in [-0.3, -0.25) is 4.79 Å². The van der Waals surface area contributed by atoms with Gasteiger partial charge < -0.3 is 15.0 Å². The van der Waals surface area contributed by atoms with Crippen LogP contribution in [0.25, 0.3) is 0 Å². The summed E-state index contributed by atoms with van der Waals surface area (Å²) in [5.41, 5.74) is 1.91. The molecule has 7 nitrogen and oxygen atoms in total. The van der Waals surface area contributed by atoms with E-state index < -0.39 is 10.0 Å². The van der Waals surface area contributed by atoms with Crippen molar-refractivity contribution in [2.24, 2.45) is 11.8 Å². The monoisotopic (exact) mass is 379 g/mol. The highest BCUT2D eigenvalue weighted by molar-refractivity contribution is 7.89. The number of carbonyl (C=O) groups excluding carboxylic acids is 1. The van der Waals surface area contributed by atoms with E-state index in [0.717, 1.165) is 37.1 Å². The van der Waals surface area contributed by atoms with E-state index >= 15 is 0 Å². The number of carbonyl (C=O) groups is 1. The highest BCUT2D eigenvalue weighted by Crippen LogP contribution is 2.27. The van der Waals surface area contributed by atoms with Gasteiger partial charge in [-0.2, -0.15) is 0 Å². The third kappa shape index (κ3) is 3.64. The van der Waals surface area contributed by atoms with Crippen LogP contribution < -0.4 is 10.0 Å². The molecule has 2 atom stereocenters. The van der Waals surface area contributed by atoms with Crippen LogP contribution in [0.4, 0.5) is 0 Å². The van der Waals surface area contributed by atoms with Gasteiger partial charge in [0.05, 0.1) is 24.7 Å². The molecule has 0 saturated carbocycles. The van der Waals surface area contributed by atoms with Crippen LogP contribution in [0.15, 0.2) is 23.1 Å². The number of ether oxygens (including phenoxy) is 1. The molecule has 1 amide bonds. The average Bonchev–Trinajstić information content (AvgIpc) is 3.24. The molecule has 0 unspecified atom stereocenters. The summed E-state index contributed by atoms with van der Waals surface area (Å²) in [6.45, 7) is 4.24. The molecule has 3 heterocycles. The Morgan fingerprint density at radius 1 is 1.15 bits per heavy atom. The number of fused-ring (bicyclic) bond motifs is 2. The lowest BCUT2D eigenvalue weighted by atomic mass is 9.92. The molecule has 0 radical (unpaired) electrons. The molecule has 4 rings (SSSR count). The standard InChI is InChI=1S/C18H25N3O4S/c22-18(21-5-3-13-8-19-9-14(13)4-6-21)10-20-26(23,24)17-2-1-15-11-25-12-16(15)7-17/h1-2,7,13-14,19-20H,3-6,8-12H2/t13-,14+. The number of hydrogen-bond donors (Lipinski definition) is 2. The Bertz CT molecular complexity index is 782. The van der Waals surface area contributed by atoms with Gasteiger partial charge in [-0.15, -0.1) is 0 Å². The Morgan fingerprint density at radius 2 is 1.85 bits per heavy atom. The first-order valence-corrected chi connectivity index (χ1v) is 10.7. The van der Waals surface area contributed by atoms with Crippen molar-refractivity contribution >= 4 is 15.9 Å². The second-order valence-corrected chi connectivity index (χ2v) is 9.15. The van der Waals surface area contributed by atoms with Crippen LogP contribution in [0.2, 0.25) is 0 Å². The van der Waals surface area contributed by atoms with Crippen molar-refractivity contribution in [1.82, 2.24) is 14.9 Å². The summed E-state index contributed by atoms with van der Waals surface area (Å²) in [7, 11) is -3.70. The molecule has 3 aliphatic rings. The summed E-state index contributed by atoms with van der Waals surface area (Å²) in [5.74, 6) is 1.13. The molecular weight excluding hydrogens is 354 g/mol. The van der Waals surface area contributed by atoms with Crippen molar-refractivity contribution in [2.75, 3.05) is 32.7 Å². The van der Waals surface area contributed by atoms with Crippen LogP contribution in [0.5, 0.6) is 0 Å². The first-order chi connectivity index (χ1) is 12.5. The third-order valence-corrected chi connectivity index (χ3v) is 7.19. The minimum atomic E-state index is -3.70. The number of hydrogen-bond acceptors (Lipinski definition) is 5. The molecular formula is C18H25N3O4S. The SMILES string of the molecule is O=C(CNS(=O)(=O)c1ccc2c(c1)COC2)N1CC[C@@H]2CNC[C@@H]2CC1. The molecule has 1 aromatic carbocycles. The molecule has 0 aliphatic carbocycles. The molecule has 2 fully saturated rings. The molecule has 0 bridgehead atoms. The second kappa shape index (κ2) is 7.26. The van der Waals surface area contributed by atoms with Crippen molar-refractivity contribution in [3.8, 4) is 0 Å². The van der Waals surface area contributed by atoms with Crippen LogP contribution in [0, 0.1) is 11.8 Å². The zero-order valence-electron chi connectivity index (χ0n) is 14.7. The number of likely N-dealkylation sites (tertiary alicyclic amines) is 1. The number of amides is 1. The Kier molecular flexibility index (Phi) is 5.00. The fraction of sp³-hybridized carbons (Fsp3) is 0.611. The Balaban J connectivity index is 1.36. The lowest BCUT2D eigenvalue weighted by molar-refractivity contribution is -0.129. The van der Waals surface area contributed by atoms with E-state index in [1.54, 1.807) is 23.1 Å². The maximum atomic E-state index is 12.5. The van der Waals surface area contributed by atoms with E-state index in [9.17, 15) is 13.2 Å². The average molecular weight is 379 g/mol. The van der Waals surface area contributed by atoms with Gasteiger partial charge in [0.1, 0.15) is 0 Å². The molecule has 1 aromatic rings. The van der Waals surface area contributed by atoms with Crippen LogP contribution in [-0.4, -0.2) is 51.9 Å². The van der Waals surface area contributed by atoms with Crippen molar-refractivity contribution in [3.63, 3.8) is 0 Å². The summed E-state index contributed by atoms with van der Waals surface area (Å²) in [4.78, 5) is 14.5. The Hall–Kier alpha value is -1.48. The van der Waals surface area contributed by atoms with Gasteiger partial charge in [0.15, 0.2) is 0 Å². The predicted octanol–water partition coefficient (Wildman–Crippen LogP) is 0.453. The maximum Gasteiger partial charge on any atom is 0.241 e. The first-order valence-electron chi connectivity index (χ1n) is 9.20. The highest BCUT2D eigenvalue weighted by atomic mass is 32.2. The first kappa shape index (κ1) is 17.9. The lowest BCUT2D eigenvalue weighted by Crippen LogP contribution is -2.41. The summed E-state index contributed by atoms with van der Waals surface area (Å²) in [6, 6.07) is 4.98. The number of sulfonamides is 1. The second-order valence-electron chi connectivity index (χ2n) is 7.38. The summed E-state index contributed by atoms with van der Waals surface area (Å²) in [5, 5.41) is 3.41. The predicted molar refractivity (Wildman–Crippen MR) is 95.8 cm³/mol. The van der Waals surface area contributed by atoms with Crippen LogP contribution in [0.3, 0.4) is 0 Å².